The molecule has 0 unspecified atom stereocenters. The minimum atomic E-state index is -0.411. The molecule has 1 aromatic heterocycles. The van der Waals surface area contributed by atoms with E-state index in [1.54, 1.807) is 6.07 Å². The van der Waals surface area contributed by atoms with E-state index < -0.39 is 5.54 Å². The van der Waals surface area contributed by atoms with Crippen LogP contribution in [0.2, 0.25) is 0 Å². The van der Waals surface area contributed by atoms with Crippen LogP contribution in [0.25, 0.3) is 10.9 Å². The maximum atomic E-state index is 9.58. The Morgan fingerprint density at radius 3 is 2.64 bits per heavy atom. The van der Waals surface area contributed by atoms with Crippen molar-refractivity contribution in [1.82, 2.24) is 4.98 Å². The van der Waals surface area contributed by atoms with Crippen LogP contribution in [0.15, 0.2) is 24.3 Å². The van der Waals surface area contributed by atoms with Gasteiger partial charge in [0.2, 0.25) is 0 Å². The van der Waals surface area contributed by atoms with Crippen LogP contribution in [-0.2, 0) is 5.54 Å². The van der Waals surface area contributed by atoms with Crippen LogP contribution < -0.4 is 5.73 Å². The van der Waals surface area contributed by atoms with Crippen LogP contribution in [0.5, 0.6) is 5.75 Å². The van der Waals surface area contributed by atoms with Crippen molar-refractivity contribution in [3.8, 4) is 5.75 Å². The van der Waals surface area contributed by atoms with Gasteiger partial charge in [-0.2, -0.15) is 0 Å². The fourth-order valence-corrected chi connectivity index (χ4v) is 1.49. The number of benzene rings is 1. The Labute approximate surface area is 82.6 Å². The fourth-order valence-electron chi connectivity index (χ4n) is 1.49. The standard InChI is InChI=1S/C11H14N2O/c1-11(2,12)9-6-7-4-3-5-8(14)10(7)13-9/h3-6,13-14H,12H2,1-2H3. The zero-order chi connectivity index (χ0) is 10.3. The van der Waals surface area contributed by atoms with Gasteiger partial charge in [-0.25, -0.2) is 0 Å². The summed E-state index contributed by atoms with van der Waals surface area (Å²) < 4.78 is 0. The highest BCUT2D eigenvalue weighted by atomic mass is 16.3. The van der Waals surface area contributed by atoms with Gasteiger partial charge in [0, 0.05) is 11.1 Å². The van der Waals surface area contributed by atoms with Crippen LogP contribution in [-0.4, -0.2) is 10.1 Å². The third kappa shape index (κ3) is 1.36. The monoisotopic (exact) mass is 190 g/mol. The maximum Gasteiger partial charge on any atom is 0.139 e. The first-order valence-corrected chi connectivity index (χ1v) is 4.58. The van der Waals surface area contributed by atoms with Gasteiger partial charge >= 0.3 is 0 Å². The molecular formula is C11H14N2O. The first kappa shape index (κ1) is 9.09. The van der Waals surface area contributed by atoms with E-state index in [0.717, 1.165) is 16.6 Å². The van der Waals surface area contributed by atoms with E-state index in [-0.39, 0.29) is 5.75 Å². The van der Waals surface area contributed by atoms with Crippen molar-refractivity contribution in [2.45, 2.75) is 19.4 Å². The SMILES string of the molecule is CC(C)(N)c1cc2cccc(O)c2[nH]1. The highest BCUT2D eigenvalue weighted by Gasteiger charge is 2.17. The van der Waals surface area contributed by atoms with Crippen molar-refractivity contribution in [3.05, 3.63) is 30.0 Å². The third-order valence-electron chi connectivity index (χ3n) is 2.33. The van der Waals surface area contributed by atoms with Crippen LogP contribution in [0.3, 0.4) is 0 Å². The summed E-state index contributed by atoms with van der Waals surface area (Å²) in [5.41, 5.74) is 7.22. The molecule has 2 aromatic rings. The molecule has 0 atom stereocenters. The number of para-hydroxylation sites is 1. The van der Waals surface area contributed by atoms with E-state index in [1.807, 2.05) is 32.0 Å². The fraction of sp³-hybridized carbons (Fsp3) is 0.273. The van der Waals surface area contributed by atoms with Crippen LogP contribution in [0.1, 0.15) is 19.5 Å². The lowest BCUT2D eigenvalue weighted by molar-refractivity contribution is 0.479. The van der Waals surface area contributed by atoms with E-state index in [4.69, 9.17) is 5.73 Å². The highest BCUT2D eigenvalue weighted by Crippen LogP contribution is 2.27. The molecule has 0 saturated carbocycles. The quantitative estimate of drug-likeness (QED) is 0.644. The molecule has 0 radical (unpaired) electrons. The predicted octanol–water partition coefficient (Wildman–Crippen LogP) is 2.07. The molecule has 0 saturated heterocycles. The number of nitrogens with one attached hydrogen (secondary N) is 1. The molecule has 2 rings (SSSR count). The average Bonchev–Trinajstić information content (AvgIpc) is 2.48. The number of aromatic hydroxyl groups is 1. The lowest BCUT2D eigenvalue weighted by Crippen LogP contribution is -2.28. The number of phenols is 1. The summed E-state index contributed by atoms with van der Waals surface area (Å²) in [6, 6.07) is 7.39. The first-order valence-electron chi connectivity index (χ1n) is 4.58. The second-order valence-corrected chi connectivity index (χ2v) is 4.15. The summed E-state index contributed by atoms with van der Waals surface area (Å²) >= 11 is 0. The van der Waals surface area contributed by atoms with Gasteiger partial charge in [-0.05, 0) is 26.0 Å². The number of phenolic OH excluding ortho intramolecular Hbond substituents is 1. The molecule has 0 aliphatic carbocycles. The number of aromatic nitrogens is 1. The first-order chi connectivity index (χ1) is 6.48. The van der Waals surface area contributed by atoms with E-state index >= 15 is 0 Å². The summed E-state index contributed by atoms with van der Waals surface area (Å²) in [4.78, 5) is 3.13. The Bertz CT molecular complexity index is 466. The van der Waals surface area contributed by atoms with E-state index in [1.165, 1.54) is 0 Å². The number of fused-ring (bicyclic) bond motifs is 1. The van der Waals surface area contributed by atoms with Gasteiger partial charge in [-0.15, -0.1) is 0 Å². The number of rotatable bonds is 1. The molecule has 0 aliphatic rings. The van der Waals surface area contributed by atoms with Gasteiger partial charge in [0.25, 0.3) is 0 Å². The molecule has 4 N–H and O–H groups in total. The summed E-state index contributed by atoms with van der Waals surface area (Å²) in [7, 11) is 0. The van der Waals surface area contributed by atoms with E-state index in [9.17, 15) is 5.11 Å². The zero-order valence-electron chi connectivity index (χ0n) is 8.33. The Kier molecular flexibility index (Phi) is 1.79. The number of aromatic amines is 1. The molecule has 0 aliphatic heterocycles. The van der Waals surface area contributed by atoms with Crippen LogP contribution in [0, 0.1) is 0 Å². The predicted molar refractivity (Wildman–Crippen MR) is 57.2 cm³/mol. The lowest BCUT2D eigenvalue weighted by Gasteiger charge is -2.15. The molecule has 1 aromatic carbocycles. The summed E-state index contributed by atoms with van der Waals surface area (Å²) in [6.45, 7) is 3.85. The smallest absolute Gasteiger partial charge is 0.139 e. The normalized spacial score (nSPS) is 12.2. The van der Waals surface area contributed by atoms with Gasteiger partial charge in [-0.1, -0.05) is 12.1 Å². The zero-order valence-corrected chi connectivity index (χ0v) is 8.33. The maximum absolute atomic E-state index is 9.58. The minimum absolute atomic E-state index is 0.262. The van der Waals surface area contributed by atoms with Gasteiger partial charge < -0.3 is 15.8 Å². The van der Waals surface area contributed by atoms with Crippen molar-refractivity contribution in [1.29, 1.82) is 0 Å². The molecule has 1 heterocycles. The molecule has 0 bridgehead atoms. The summed E-state index contributed by atoms with van der Waals surface area (Å²) in [6.07, 6.45) is 0. The largest absolute Gasteiger partial charge is 0.506 e. The second-order valence-electron chi connectivity index (χ2n) is 4.15. The van der Waals surface area contributed by atoms with Gasteiger partial charge in [0.05, 0.1) is 11.1 Å². The number of H-pyrrole nitrogens is 1. The number of hydrogen-bond acceptors (Lipinski definition) is 2. The summed E-state index contributed by atoms with van der Waals surface area (Å²) in [5.74, 6) is 0.262. The molecule has 74 valence electrons. The number of nitrogens with two attached hydrogens (primary N) is 1. The third-order valence-corrected chi connectivity index (χ3v) is 2.33. The molecular weight excluding hydrogens is 176 g/mol. The second kappa shape index (κ2) is 2.75. The summed E-state index contributed by atoms with van der Waals surface area (Å²) in [5, 5.41) is 10.6. The molecule has 0 amide bonds. The topological polar surface area (TPSA) is 62.0 Å². The van der Waals surface area contributed by atoms with Crippen molar-refractivity contribution < 1.29 is 5.11 Å². The van der Waals surface area contributed by atoms with Crippen molar-refractivity contribution >= 4 is 10.9 Å². The van der Waals surface area contributed by atoms with E-state index in [2.05, 4.69) is 4.98 Å². The average molecular weight is 190 g/mol. The van der Waals surface area contributed by atoms with Gasteiger partial charge in [0.1, 0.15) is 5.75 Å². The van der Waals surface area contributed by atoms with Gasteiger partial charge in [0.15, 0.2) is 0 Å². The van der Waals surface area contributed by atoms with Gasteiger partial charge in [-0.3, -0.25) is 0 Å². The lowest BCUT2D eigenvalue weighted by atomic mass is 10.0. The van der Waals surface area contributed by atoms with E-state index in [0.29, 0.717) is 0 Å². The molecule has 3 heteroatoms. The molecule has 0 fully saturated rings. The van der Waals surface area contributed by atoms with Crippen molar-refractivity contribution in [3.63, 3.8) is 0 Å². The van der Waals surface area contributed by atoms with Crippen LogP contribution in [0.4, 0.5) is 0 Å². The van der Waals surface area contributed by atoms with Crippen molar-refractivity contribution in [2.24, 2.45) is 5.73 Å². The van der Waals surface area contributed by atoms with Crippen LogP contribution >= 0.6 is 0 Å². The highest BCUT2D eigenvalue weighted by molar-refractivity contribution is 5.85. The molecule has 0 spiro atoms. The Morgan fingerprint density at radius 1 is 1.36 bits per heavy atom. The Morgan fingerprint density at radius 2 is 2.07 bits per heavy atom. The number of hydrogen-bond donors (Lipinski definition) is 3. The molecule has 3 nitrogen and oxygen atoms in total. The molecule has 14 heavy (non-hydrogen) atoms. The minimum Gasteiger partial charge on any atom is -0.506 e. The van der Waals surface area contributed by atoms with Crippen molar-refractivity contribution in [2.75, 3.05) is 0 Å². The Balaban J connectivity index is 2.69. The Hall–Kier alpha value is -1.48.